The summed E-state index contributed by atoms with van der Waals surface area (Å²) in [5.74, 6) is 1.34. The molecule has 17 heavy (non-hydrogen) atoms. The normalized spacial score (nSPS) is 28.0. The third kappa shape index (κ3) is 2.67. The van der Waals surface area contributed by atoms with Gasteiger partial charge in [-0.25, -0.2) is 0 Å². The fraction of sp³-hybridized carbons (Fsp3) is 0.571. The molecular formula is C14H19NOS. The fourth-order valence-electron chi connectivity index (χ4n) is 2.63. The van der Waals surface area contributed by atoms with E-state index in [-0.39, 0.29) is 0 Å². The van der Waals surface area contributed by atoms with Crippen LogP contribution in [0.1, 0.15) is 30.0 Å². The number of thioether (sulfide) groups is 1. The third-order valence-electron chi connectivity index (χ3n) is 3.59. The molecule has 1 aromatic rings. The average molecular weight is 249 g/mol. The molecule has 0 saturated carbocycles. The van der Waals surface area contributed by atoms with Crippen LogP contribution in [0.5, 0.6) is 0 Å². The van der Waals surface area contributed by atoms with E-state index in [1.165, 1.54) is 29.7 Å². The van der Waals surface area contributed by atoms with Crippen molar-refractivity contribution in [2.75, 3.05) is 18.9 Å². The molecule has 1 saturated heterocycles. The molecule has 3 heteroatoms. The highest BCUT2D eigenvalue weighted by Gasteiger charge is 2.22. The molecule has 1 aromatic carbocycles. The van der Waals surface area contributed by atoms with Crippen molar-refractivity contribution in [1.82, 2.24) is 5.32 Å². The summed E-state index contributed by atoms with van der Waals surface area (Å²) >= 11 is 2.11. The largest absolute Gasteiger partial charge is 0.375 e. The summed E-state index contributed by atoms with van der Waals surface area (Å²) in [6.07, 6.45) is 2.75. The summed E-state index contributed by atoms with van der Waals surface area (Å²) in [6.45, 7) is 2.70. The van der Waals surface area contributed by atoms with Crippen LogP contribution in [0.3, 0.4) is 0 Å². The second-order valence-corrected chi connectivity index (χ2v) is 6.22. The van der Waals surface area contributed by atoms with Gasteiger partial charge in [0.1, 0.15) is 0 Å². The lowest BCUT2D eigenvalue weighted by Gasteiger charge is -2.27. The first-order valence-corrected chi connectivity index (χ1v) is 7.49. The van der Waals surface area contributed by atoms with Crippen LogP contribution in [0.4, 0.5) is 0 Å². The molecule has 1 fully saturated rings. The number of hydrogen-bond donors (Lipinski definition) is 1. The Bertz CT molecular complexity index is 376. The minimum absolute atomic E-state index is 0.390. The molecule has 2 aliphatic heterocycles. The van der Waals surface area contributed by atoms with Crippen molar-refractivity contribution in [2.45, 2.75) is 30.7 Å². The van der Waals surface area contributed by atoms with E-state index >= 15 is 0 Å². The lowest BCUT2D eigenvalue weighted by molar-refractivity contribution is 0.0823. The second-order valence-electron chi connectivity index (χ2n) is 4.81. The van der Waals surface area contributed by atoms with Gasteiger partial charge in [0.05, 0.1) is 19.3 Å². The Labute approximate surface area is 107 Å². The van der Waals surface area contributed by atoms with Gasteiger partial charge in [-0.3, -0.25) is 0 Å². The van der Waals surface area contributed by atoms with Crippen LogP contribution >= 0.6 is 11.8 Å². The van der Waals surface area contributed by atoms with Crippen LogP contribution in [0, 0.1) is 0 Å². The van der Waals surface area contributed by atoms with Gasteiger partial charge in [0.15, 0.2) is 0 Å². The highest BCUT2D eigenvalue weighted by molar-refractivity contribution is 8.00. The molecule has 2 nitrogen and oxygen atoms in total. The van der Waals surface area contributed by atoms with Crippen molar-refractivity contribution in [3.63, 3.8) is 0 Å². The van der Waals surface area contributed by atoms with Gasteiger partial charge in [-0.1, -0.05) is 24.3 Å². The van der Waals surface area contributed by atoms with Crippen LogP contribution in [-0.4, -0.2) is 24.2 Å². The van der Waals surface area contributed by atoms with Gasteiger partial charge in [-0.05, 0) is 29.7 Å². The van der Waals surface area contributed by atoms with Crippen LogP contribution in [-0.2, 0) is 11.3 Å². The van der Waals surface area contributed by atoms with Gasteiger partial charge in [-0.15, -0.1) is 0 Å². The lowest BCUT2D eigenvalue weighted by Crippen LogP contribution is -2.33. The van der Waals surface area contributed by atoms with Crippen molar-refractivity contribution >= 4 is 11.8 Å². The van der Waals surface area contributed by atoms with E-state index in [4.69, 9.17) is 4.74 Å². The Hall–Kier alpha value is -0.510. The zero-order chi connectivity index (χ0) is 11.5. The van der Waals surface area contributed by atoms with Crippen molar-refractivity contribution in [3.05, 3.63) is 35.4 Å². The summed E-state index contributed by atoms with van der Waals surface area (Å²) in [5.41, 5.74) is 2.78. The molecule has 0 aromatic heterocycles. The Kier molecular flexibility index (Phi) is 3.69. The highest BCUT2D eigenvalue weighted by atomic mass is 32.2. The minimum Gasteiger partial charge on any atom is -0.375 e. The summed E-state index contributed by atoms with van der Waals surface area (Å²) in [4.78, 5) is 0. The molecule has 3 rings (SSSR count). The maximum atomic E-state index is 5.65. The number of benzene rings is 1. The van der Waals surface area contributed by atoms with Crippen LogP contribution in [0.2, 0.25) is 0 Å². The van der Waals surface area contributed by atoms with E-state index in [0.717, 1.165) is 25.0 Å². The van der Waals surface area contributed by atoms with E-state index in [9.17, 15) is 0 Å². The van der Waals surface area contributed by atoms with Crippen molar-refractivity contribution < 1.29 is 4.74 Å². The summed E-state index contributed by atoms with van der Waals surface area (Å²) < 4.78 is 5.65. The standard InChI is InChI=1S/C14H19NOS/c1-2-6-13-11(4-1)9-16-10-14(13)15-8-12-5-3-7-17-12/h1-2,4,6,12,14-15H,3,5,7-10H2. The molecule has 1 N–H and O–H groups in total. The van der Waals surface area contributed by atoms with Gasteiger partial charge in [0.2, 0.25) is 0 Å². The van der Waals surface area contributed by atoms with Crippen LogP contribution < -0.4 is 5.32 Å². The Morgan fingerprint density at radius 2 is 2.29 bits per heavy atom. The molecule has 92 valence electrons. The molecule has 2 atom stereocenters. The molecule has 2 heterocycles. The highest BCUT2D eigenvalue weighted by Crippen LogP contribution is 2.28. The van der Waals surface area contributed by atoms with E-state index in [1.54, 1.807) is 0 Å². The third-order valence-corrected chi connectivity index (χ3v) is 4.99. The molecule has 0 bridgehead atoms. The Morgan fingerprint density at radius 3 is 3.18 bits per heavy atom. The number of nitrogens with one attached hydrogen (secondary N) is 1. The van der Waals surface area contributed by atoms with Crippen molar-refractivity contribution in [1.29, 1.82) is 0 Å². The molecule has 0 aliphatic carbocycles. The predicted octanol–water partition coefficient (Wildman–Crippen LogP) is 2.74. The fourth-order valence-corrected chi connectivity index (χ4v) is 3.84. The quantitative estimate of drug-likeness (QED) is 0.890. The maximum absolute atomic E-state index is 5.65. The zero-order valence-corrected chi connectivity index (χ0v) is 10.8. The first-order chi connectivity index (χ1) is 8.43. The van der Waals surface area contributed by atoms with Crippen molar-refractivity contribution in [3.8, 4) is 0 Å². The first kappa shape index (κ1) is 11.6. The summed E-state index contributed by atoms with van der Waals surface area (Å²) in [6, 6.07) is 9.02. The summed E-state index contributed by atoms with van der Waals surface area (Å²) in [7, 11) is 0. The van der Waals surface area contributed by atoms with Gasteiger partial charge in [-0.2, -0.15) is 11.8 Å². The second kappa shape index (κ2) is 5.42. The smallest absolute Gasteiger partial charge is 0.0721 e. The Balaban J connectivity index is 1.64. The number of ether oxygens (including phenoxy) is 1. The Morgan fingerprint density at radius 1 is 1.35 bits per heavy atom. The van der Waals surface area contributed by atoms with Gasteiger partial charge in [0.25, 0.3) is 0 Å². The first-order valence-electron chi connectivity index (χ1n) is 6.44. The van der Waals surface area contributed by atoms with E-state index < -0.39 is 0 Å². The van der Waals surface area contributed by atoms with Crippen LogP contribution in [0.15, 0.2) is 24.3 Å². The maximum Gasteiger partial charge on any atom is 0.0721 e. The molecule has 0 radical (unpaired) electrons. The number of fused-ring (bicyclic) bond motifs is 1. The average Bonchev–Trinajstić information content (AvgIpc) is 2.89. The topological polar surface area (TPSA) is 21.3 Å². The van der Waals surface area contributed by atoms with E-state index in [0.29, 0.717) is 6.04 Å². The van der Waals surface area contributed by atoms with Gasteiger partial charge >= 0.3 is 0 Å². The number of rotatable bonds is 3. The van der Waals surface area contributed by atoms with Gasteiger partial charge < -0.3 is 10.1 Å². The zero-order valence-electron chi connectivity index (χ0n) is 10.0. The van der Waals surface area contributed by atoms with Crippen LogP contribution in [0.25, 0.3) is 0 Å². The molecule has 2 aliphatic rings. The van der Waals surface area contributed by atoms with E-state index in [1.807, 2.05) is 0 Å². The number of hydrogen-bond acceptors (Lipinski definition) is 3. The molecular weight excluding hydrogens is 230 g/mol. The summed E-state index contributed by atoms with van der Waals surface area (Å²) in [5, 5.41) is 4.48. The molecule has 2 unspecified atom stereocenters. The monoisotopic (exact) mass is 249 g/mol. The SMILES string of the molecule is c1ccc2c(c1)COCC2NCC1CCCS1. The van der Waals surface area contributed by atoms with Crippen molar-refractivity contribution in [2.24, 2.45) is 0 Å². The predicted molar refractivity (Wildman–Crippen MR) is 72.3 cm³/mol. The molecule has 0 amide bonds. The van der Waals surface area contributed by atoms with Gasteiger partial charge in [0, 0.05) is 11.8 Å². The lowest BCUT2D eigenvalue weighted by atomic mass is 9.99. The van der Waals surface area contributed by atoms with E-state index in [2.05, 4.69) is 41.3 Å². The molecule has 0 spiro atoms. The minimum atomic E-state index is 0.390.